The minimum absolute atomic E-state index is 0.0658. The van der Waals surface area contributed by atoms with E-state index in [4.69, 9.17) is 9.47 Å². The number of allylic oxidation sites excluding steroid dienone is 2. The van der Waals surface area contributed by atoms with Gasteiger partial charge in [0.1, 0.15) is 0 Å². The van der Waals surface area contributed by atoms with Gasteiger partial charge in [-0.25, -0.2) is 0 Å². The molecule has 5 nitrogen and oxygen atoms in total. The number of ketones is 1. The Bertz CT molecular complexity index is 1240. The fourth-order valence-corrected chi connectivity index (χ4v) is 3.81. The van der Waals surface area contributed by atoms with E-state index < -0.39 is 5.91 Å². The SMILES string of the molecule is COc1ccc(N(C)C(=O)/C(=C\C=C\c2ccccc2)C(=O)c2ccc(CC(C)C)cc2)cc1OC. The molecule has 0 aliphatic heterocycles. The Morgan fingerprint density at radius 1 is 0.889 bits per heavy atom. The minimum atomic E-state index is -0.420. The van der Waals surface area contributed by atoms with Gasteiger partial charge < -0.3 is 14.4 Å². The summed E-state index contributed by atoms with van der Waals surface area (Å²) in [4.78, 5) is 28.6. The number of benzene rings is 3. The lowest BCUT2D eigenvalue weighted by atomic mass is 9.97. The lowest BCUT2D eigenvalue weighted by molar-refractivity contribution is -0.114. The minimum Gasteiger partial charge on any atom is -0.493 e. The third-order valence-corrected chi connectivity index (χ3v) is 5.75. The summed E-state index contributed by atoms with van der Waals surface area (Å²) in [5.41, 5.74) is 3.24. The van der Waals surface area contributed by atoms with Crippen LogP contribution in [0.15, 0.2) is 90.5 Å². The highest BCUT2D eigenvalue weighted by atomic mass is 16.5. The zero-order valence-electron chi connectivity index (χ0n) is 21.5. The van der Waals surface area contributed by atoms with Crippen molar-refractivity contribution >= 4 is 23.5 Å². The average Bonchev–Trinajstić information content (AvgIpc) is 2.90. The van der Waals surface area contributed by atoms with E-state index in [1.807, 2.05) is 48.5 Å². The van der Waals surface area contributed by atoms with Crippen LogP contribution in [-0.4, -0.2) is 33.0 Å². The molecule has 0 unspecified atom stereocenters. The Hall–Kier alpha value is -4.12. The van der Waals surface area contributed by atoms with Crippen LogP contribution in [0.1, 0.15) is 35.3 Å². The second-order valence-corrected chi connectivity index (χ2v) is 8.88. The van der Waals surface area contributed by atoms with Gasteiger partial charge in [-0.2, -0.15) is 0 Å². The van der Waals surface area contributed by atoms with Crippen LogP contribution in [0.2, 0.25) is 0 Å². The molecule has 0 N–H and O–H groups in total. The fraction of sp³-hybridized carbons (Fsp3) is 0.226. The predicted octanol–water partition coefficient (Wildman–Crippen LogP) is 6.39. The first-order valence-electron chi connectivity index (χ1n) is 11.9. The first-order chi connectivity index (χ1) is 17.3. The van der Waals surface area contributed by atoms with E-state index in [0.717, 1.165) is 17.5 Å². The molecule has 0 heterocycles. The number of hydrogen-bond donors (Lipinski definition) is 0. The number of hydrogen-bond acceptors (Lipinski definition) is 4. The van der Waals surface area contributed by atoms with Crippen molar-refractivity contribution in [3.63, 3.8) is 0 Å². The first-order valence-corrected chi connectivity index (χ1v) is 11.9. The highest BCUT2D eigenvalue weighted by Crippen LogP contribution is 2.31. The van der Waals surface area contributed by atoms with Crippen LogP contribution >= 0.6 is 0 Å². The van der Waals surface area contributed by atoms with Gasteiger partial charge in [0.25, 0.3) is 5.91 Å². The number of anilines is 1. The predicted molar refractivity (Wildman–Crippen MR) is 146 cm³/mol. The summed E-state index contributed by atoms with van der Waals surface area (Å²) in [7, 11) is 4.73. The van der Waals surface area contributed by atoms with E-state index in [1.165, 1.54) is 12.0 Å². The number of rotatable bonds is 10. The summed E-state index contributed by atoms with van der Waals surface area (Å²) >= 11 is 0. The Balaban J connectivity index is 1.96. The van der Waals surface area contributed by atoms with Crippen LogP contribution in [-0.2, 0) is 11.2 Å². The lowest BCUT2D eigenvalue weighted by Gasteiger charge is -2.20. The number of carbonyl (C=O) groups is 2. The summed E-state index contributed by atoms with van der Waals surface area (Å²) in [5, 5.41) is 0. The normalized spacial score (nSPS) is 11.6. The van der Waals surface area contributed by atoms with Gasteiger partial charge in [0.2, 0.25) is 0 Å². The van der Waals surface area contributed by atoms with Gasteiger partial charge in [-0.05, 0) is 41.7 Å². The van der Waals surface area contributed by atoms with Gasteiger partial charge in [-0.15, -0.1) is 0 Å². The largest absolute Gasteiger partial charge is 0.493 e. The van der Waals surface area contributed by atoms with Crippen molar-refractivity contribution < 1.29 is 19.1 Å². The second kappa shape index (κ2) is 12.5. The highest BCUT2D eigenvalue weighted by Gasteiger charge is 2.24. The number of methoxy groups -OCH3 is 2. The van der Waals surface area contributed by atoms with Gasteiger partial charge in [-0.1, -0.05) is 80.6 Å². The summed E-state index contributed by atoms with van der Waals surface area (Å²) < 4.78 is 10.7. The smallest absolute Gasteiger partial charge is 0.261 e. The third kappa shape index (κ3) is 6.72. The zero-order valence-corrected chi connectivity index (χ0v) is 21.5. The Morgan fingerprint density at radius 3 is 2.17 bits per heavy atom. The average molecular weight is 484 g/mol. The van der Waals surface area contributed by atoms with Crippen molar-refractivity contribution in [1.29, 1.82) is 0 Å². The van der Waals surface area contributed by atoms with Crippen LogP contribution in [0, 0.1) is 5.92 Å². The molecule has 1 amide bonds. The molecule has 0 fully saturated rings. The highest BCUT2D eigenvalue weighted by molar-refractivity contribution is 6.29. The molecule has 0 saturated carbocycles. The second-order valence-electron chi connectivity index (χ2n) is 8.88. The Morgan fingerprint density at radius 2 is 1.56 bits per heavy atom. The van der Waals surface area contributed by atoms with Gasteiger partial charge in [0.05, 0.1) is 19.8 Å². The molecule has 0 atom stereocenters. The van der Waals surface area contributed by atoms with Crippen molar-refractivity contribution in [2.45, 2.75) is 20.3 Å². The van der Waals surface area contributed by atoms with Crippen molar-refractivity contribution in [1.82, 2.24) is 0 Å². The number of nitrogens with zero attached hydrogens (tertiary/aromatic N) is 1. The molecule has 5 heteroatoms. The molecule has 0 aliphatic carbocycles. The van der Waals surface area contributed by atoms with Crippen LogP contribution in [0.5, 0.6) is 11.5 Å². The van der Waals surface area contributed by atoms with E-state index in [2.05, 4.69) is 13.8 Å². The van der Waals surface area contributed by atoms with E-state index in [9.17, 15) is 9.59 Å². The molecule has 0 radical (unpaired) electrons. The maximum Gasteiger partial charge on any atom is 0.261 e. The summed E-state index contributed by atoms with van der Waals surface area (Å²) in [6, 6.07) is 22.4. The molecule has 0 spiro atoms. The molecule has 0 aliphatic rings. The van der Waals surface area contributed by atoms with Crippen LogP contribution in [0.25, 0.3) is 6.08 Å². The van der Waals surface area contributed by atoms with Gasteiger partial charge in [0.15, 0.2) is 17.3 Å². The summed E-state index contributed by atoms with van der Waals surface area (Å²) in [6.45, 7) is 4.31. The Labute approximate surface area is 213 Å². The number of amides is 1. The first kappa shape index (κ1) is 26.5. The molecule has 3 aromatic rings. The number of Topliss-reactive ketones (excluding diaryl/α,β-unsaturated/α-hetero) is 1. The van der Waals surface area contributed by atoms with Crippen LogP contribution in [0.3, 0.4) is 0 Å². The van der Waals surface area contributed by atoms with Gasteiger partial charge in [0, 0.05) is 24.4 Å². The monoisotopic (exact) mass is 483 g/mol. The maximum absolute atomic E-state index is 13.6. The molecule has 36 heavy (non-hydrogen) atoms. The fourth-order valence-electron chi connectivity index (χ4n) is 3.81. The van der Waals surface area contributed by atoms with Crippen molar-refractivity contribution in [3.8, 4) is 11.5 Å². The lowest BCUT2D eigenvalue weighted by Crippen LogP contribution is -2.31. The molecule has 186 valence electrons. The molecular formula is C31H33NO4. The van der Waals surface area contributed by atoms with Crippen molar-refractivity contribution in [2.24, 2.45) is 5.92 Å². The van der Waals surface area contributed by atoms with Crippen LogP contribution < -0.4 is 14.4 Å². The molecule has 0 saturated heterocycles. The van der Waals surface area contributed by atoms with E-state index in [-0.39, 0.29) is 11.4 Å². The van der Waals surface area contributed by atoms with Gasteiger partial charge >= 0.3 is 0 Å². The molecule has 0 aromatic heterocycles. The number of ether oxygens (including phenoxy) is 2. The van der Waals surface area contributed by atoms with E-state index in [1.54, 1.807) is 56.6 Å². The number of likely N-dealkylation sites (N-methyl/N-ethyl adjacent to an activating group) is 1. The Kier molecular flexibility index (Phi) is 9.23. The summed E-state index contributed by atoms with van der Waals surface area (Å²) in [5.74, 6) is 0.816. The standard InChI is InChI=1S/C31H33NO4/c1-22(2)20-24-14-16-25(17-15-24)30(33)27(13-9-12-23-10-7-6-8-11-23)31(34)32(3)26-18-19-28(35-4)29(21-26)36-5/h6-19,21-22H,20H2,1-5H3/b12-9+,27-13-. The maximum atomic E-state index is 13.6. The van der Waals surface area contributed by atoms with Gasteiger partial charge in [-0.3, -0.25) is 9.59 Å². The molecule has 3 rings (SSSR count). The molecular weight excluding hydrogens is 450 g/mol. The summed E-state index contributed by atoms with van der Waals surface area (Å²) in [6.07, 6.45) is 6.10. The molecule has 3 aromatic carbocycles. The van der Waals surface area contributed by atoms with Crippen LogP contribution in [0.4, 0.5) is 5.69 Å². The topological polar surface area (TPSA) is 55.8 Å². The zero-order chi connectivity index (χ0) is 26.1. The quantitative estimate of drug-likeness (QED) is 0.110. The van der Waals surface area contributed by atoms with Crippen molar-refractivity contribution in [3.05, 3.63) is 107 Å². The van der Waals surface area contributed by atoms with E-state index in [0.29, 0.717) is 28.7 Å². The van der Waals surface area contributed by atoms with E-state index >= 15 is 0 Å². The number of carbonyl (C=O) groups excluding carboxylic acids is 2. The third-order valence-electron chi connectivity index (χ3n) is 5.75. The van der Waals surface area contributed by atoms with Crippen molar-refractivity contribution in [2.75, 3.05) is 26.2 Å². The molecule has 0 bridgehead atoms.